The number of hydrogen-bond acceptors (Lipinski definition) is 5. The molecule has 1 aliphatic heterocycles. The van der Waals surface area contributed by atoms with Gasteiger partial charge in [-0.2, -0.15) is 0 Å². The summed E-state index contributed by atoms with van der Waals surface area (Å²) in [6, 6.07) is -2.79. The first kappa shape index (κ1) is 18.9. The quantitative estimate of drug-likeness (QED) is 0.453. The number of likely N-dealkylation sites (tertiary alicyclic amines) is 1. The molecule has 1 amide bonds. The van der Waals surface area contributed by atoms with Crippen molar-refractivity contribution in [2.75, 3.05) is 6.54 Å². The van der Waals surface area contributed by atoms with Crippen molar-refractivity contribution >= 4 is 23.8 Å². The Kier molecular flexibility index (Phi) is 6.95. The average molecular weight is 330 g/mol. The van der Waals surface area contributed by atoms with Crippen molar-refractivity contribution in [1.82, 2.24) is 10.2 Å². The molecule has 23 heavy (non-hydrogen) atoms. The highest BCUT2D eigenvalue weighted by Gasteiger charge is 2.36. The lowest BCUT2D eigenvalue weighted by Gasteiger charge is -2.27. The number of carbonyl (C=O) groups excluding carboxylic acids is 1. The number of rotatable bonds is 9. The molecule has 1 unspecified atom stereocenters. The van der Waals surface area contributed by atoms with Crippen LogP contribution in [0.1, 0.15) is 39.0 Å². The van der Waals surface area contributed by atoms with Gasteiger partial charge in [-0.1, -0.05) is 0 Å². The van der Waals surface area contributed by atoms with Gasteiger partial charge in [0.1, 0.15) is 12.1 Å². The first-order valence-electron chi connectivity index (χ1n) is 7.48. The molecule has 0 radical (unpaired) electrons. The third-order valence-electron chi connectivity index (χ3n) is 3.82. The summed E-state index contributed by atoms with van der Waals surface area (Å²) in [4.78, 5) is 46.3. The number of carboxylic acids is 3. The minimum atomic E-state index is -1.17. The van der Waals surface area contributed by atoms with Crippen LogP contribution in [0.2, 0.25) is 0 Å². The molecular formula is C14H22N2O7. The van der Waals surface area contributed by atoms with Gasteiger partial charge in [-0.05, 0) is 32.6 Å². The number of carboxylic acid groups (broad SMARTS) is 3. The highest BCUT2D eigenvalue weighted by molar-refractivity contribution is 5.88. The molecule has 0 aliphatic carbocycles. The molecular weight excluding hydrogens is 308 g/mol. The molecule has 1 fully saturated rings. The van der Waals surface area contributed by atoms with Gasteiger partial charge < -0.3 is 20.2 Å². The highest BCUT2D eigenvalue weighted by Crippen LogP contribution is 2.18. The number of amides is 1. The second kappa shape index (κ2) is 8.47. The Hall–Kier alpha value is -2.16. The average Bonchev–Trinajstić information content (AvgIpc) is 2.94. The summed E-state index contributed by atoms with van der Waals surface area (Å²) in [7, 11) is 0. The molecule has 130 valence electrons. The Balaban J connectivity index is 2.61. The van der Waals surface area contributed by atoms with Crippen LogP contribution in [-0.4, -0.2) is 68.7 Å². The van der Waals surface area contributed by atoms with Crippen LogP contribution >= 0.6 is 0 Å². The lowest BCUT2D eigenvalue weighted by atomic mass is 10.1. The van der Waals surface area contributed by atoms with Gasteiger partial charge in [0.2, 0.25) is 5.91 Å². The zero-order valence-electron chi connectivity index (χ0n) is 12.9. The van der Waals surface area contributed by atoms with E-state index in [0.29, 0.717) is 19.4 Å². The molecule has 0 spiro atoms. The van der Waals surface area contributed by atoms with E-state index in [1.54, 1.807) is 0 Å². The summed E-state index contributed by atoms with van der Waals surface area (Å²) in [5, 5.41) is 29.5. The van der Waals surface area contributed by atoms with E-state index < -0.39 is 41.9 Å². The SMILES string of the molecule is C[C@H](NC(CCCC(=O)O)C(=O)O)C(=O)N1CCC[C@H]1C(=O)O. The van der Waals surface area contributed by atoms with Crippen LogP contribution in [0.15, 0.2) is 0 Å². The van der Waals surface area contributed by atoms with E-state index in [9.17, 15) is 19.2 Å². The minimum Gasteiger partial charge on any atom is -0.481 e. The molecule has 3 atom stereocenters. The molecule has 0 saturated carbocycles. The van der Waals surface area contributed by atoms with Crippen LogP contribution in [0, 0.1) is 0 Å². The fraction of sp³-hybridized carbons (Fsp3) is 0.714. The first-order chi connectivity index (χ1) is 10.7. The maximum atomic E-state index is 12.3. The largest absolute Gasteiger partial charge is 0.481 e. The molecule has 1 saturated heterocycles. The van der Waals surface area contributed by atoms with Gasteiger partial charge in [-0.3, -0.25) is 19.7 Å². The monoisotopic (exact) mass is 330 g/mol. The van der Waals surface area contributed by atoms with Crippen molar-refractivity contribution in [3.05, 3.63) is 0 Å². The predicted octanol–water partition coefficient (Wildman–Crippen LogP) is -0.252. The van der Waals surface area contributed by atoms with Crippen LogP contribution in [0.5, 0.6) is 0 Å². The first-order valence-corrected chi connectivity index (χ1v) is 7.48. The Morgan fingerprint density at radius 1 is 1.22 bits per heavy atom. The van der Waals surface area contributed by atoms with Gasteiger partial charge in [0.05, 0.1) is 6.04 Å². The molecule has 1 aliphatic rings. The summed E-state index contributed by atoms with van der Waals surface area (Å²) < 4.78 is 0. The van der Waals surface area contributed by atoms with Crippen LogP contribution < -0.4 is 5.32 Å². The van der Waals surface area contributed by atoms with Crippen molar-refractivity contribution in [2.24, 2.45) is 0 Å². The van der Waals surface area contributed by atoms with E-state index in [1.807, 2.05) is 0 Å². The van der Waals surface area contributed by atoms with Gasteiger partial charge in [0, 0.05) is 13.0 Å². The second-order valence-corrected chi connectivity index (χ2v) is 5.59. The number of nitrogens with zero attached hydrogens (tertiary/aromatic N) is 1. The van der Waals surface area contributed by atoms with Gasteiger partial charge in [0.25, 0.3) is 0 Å². The fourth-order valence-electron chi connectivity index (χ4n) is 2.64. The third kappa shape index (κ3) is 5.51. The van der Waals surface area contributed by atoms with Crippen LogP contribution in [0.3, 0.4) is 0 Å². The van der Waals surface area contributed by atoms with Crippen molar-refractivity contribution in [3.8, 4) is 0 Å². The molecule has 0 bridgehead atoms. The van der Waals surface area contributed by atoms with Crippen molar-refractivity contribution in [2.45, 2.75) is 57.2 Å². The molecule has 0 aromatic heterocycles. The molecule has 1 heterocycles. The Morgan fingerprint density at radius 3 is 2.39 bits per heavy atom. The molecule has 0 aromatic rings. The lowest BCUT2D eigenvalue weighted by molar-refractivity contribution is -0.149. The maximum Gasteiger partial charge on any atom is 0.326 e. The van der Waals surface area contributed by atoms with Crippen LogP contribution in [0.4, 0.5) is 0 Å². The van der Waals surface area contributed by atoms with E-state index in [2.05, 4.69) is 5.32 Å². The van der Waals surface area contributed by atoms with E-state index in [4.69, 9.17) is 15.3 Å². The topological polar surface area (TPSA) is 144 Å². The molecule has 1 rings (SSSR count). The number of aliphatic carboxylic acids is 3. The fourth-order valence-corrected chi connectivity index (χ4v) is 2.64. The Labute approximate surface area is 133 Å². The summed E-state index contributed by atoms with van der Waals surface area (Å²) in [5.41, 5.74) is 0. The summed E-state index contributed by atoms with van der Waals surface area (Å²) in [6.45, 7) is 1.81. The van der Waals surface area contributed by atoms with Crippen molar-refractivity contribution in [1.29, 1.82) is 0 Å². The summed E-state index contributed by atoms with van der Waals surface area (Å²) in [6.07, 6.45) is 1.06. The zero-order chi connectivity index (χ0) is 17.6. The number of hydrogen-bond donors (Lipinski definition) is 4. The van der Waals surface area contributed by atoms with E-state index >= 15 is 0 Å². The lowest BCUT2D eigenvalue weighted by Crippen LogP contribution is -2.53. The van der Waals surface area contributed by atoms with Crippen LogP contribution in [-0.2, 0) is 19.2 Å². The Morgan fingerprint density at radius 2 is 1.87 bits per heavy atom. The predicted molar refractivity (Wildman–Crippen MR) is 77.9 cm³/mol. The van der Waals surface area contributed by atoms with E-state index in [0.717, 1.165) is 0 Å². The van der Waals surface area contributed by atoms with E-state index in [-0.39, 0.29) is 19.3 Å². The Bertz CT molecular complexity index is 480. The third-order valence-corrected chi connectivity index (χ3v) is 3.82. The highest BCUT2D eigenvalue weighted by atomic mass is 16.4. The van der Waals surface area contributed by atoms with Crippen molar-refractivity contribution < 1.29 is 34.5 Å². The number of nitrogens with one attached hydrogen (secondary N) is 1. The second-order valence-electron chi connectivity index (χ2n) is 5.59. The van der Waals surface area contributed by atoms with Gasteiger partial charge in [0.15, 0.2) is 0 Å². The minimum absolute atomic E-state index is 0.0710. The zero-order valence-corrected chi connectivity index (χ0v) is 12.9. The number of carbonyl (C=O) groups is 4. The summed E-state index contributed by atoms with van der Waals surface area (Å²) in [5.74, 6) is -3.72. The summed E-state index contributed by atoms with van der Waals surface area (Å²) >= 11 is 0. The van der Waals surface area contributed by atoms with Gasteiger partial charge >= 0.3 is 17.9 Å². The van der Waals surface area contributed by atoms with Gasteiger partial charge in [-0.15, -0.1) is 0 Å². The molecule has 4 N–H and O–H groups in total. The smallest absolute Gasteiger partial charge is 0.326 e. The molecule has 0 aromatic carbocycles. The normalized spacial score (nSPS) is 20.0. The maximum absolute atomic E-state index is 12.3. The van der Waals surface area contributed by atoms with Crippen LogP contribution in [0.25, 0.3) is 0 Å². The standard InChI is InChI=1S/C14H22N2O7/c1-8(12(19)16-7-3-5-10(16)14(22)23)15-9(13(20)21)4-2-6-11(17)18/h8-10,15H,2-7H2,1H3,(H,17,18)(H,20,21)(H,22,23)/t8-,9?,10-/m0/s1. The van der Waals surface area contributed by atoms with Crippen molar-refractivity contribution in [3.63, 3.8) is 0 Å². The van der Waals surface area contributed by atoms with E-state index in [1.165, 1.54) is 11.8 Å². The molecule has 9 nitrogen and oxygen atoms in total. The van der Waals surface area contributed by atoms with Gasteiger partial charge in [-0.25, -0.2) is 4.79 Å². The molecule has 9 heteroatoms.